The third-order valence-electron chi connectivity index (χ3n) is 5.27. The normalized spacial score (nSPS) is 18.9. The van der Waals surface area contributed by atoms with Gasteiger partial charge in [0.05, 0.1) is 23.7 Å². The molecule has 0 atom stereocenters. The zero-order chi connectivity index (χ0) is 18.7. The number of hydrogen-bond donors (Lipinski definition) is 0. The molecular formula is C17H23N5O3S. The molecule has 26 heavy (non-hydrogen) atoms. The maximum Gasteiger partial charge on any atom is 0.246 e. The van der Waals surface area contributed by atoms with E-state index in [4.69, 9.17) is 4.74 Å². The fourth-order valence-electron chi connectivity index (χ4n) is 3.79. The van der Waals surface area contributed by atoms with Gasteiger partial charge in [0, 0.05) is 38.3 Å². The van der Waals surface area contributed by atoms with Crippen molar-refractivity contribution in [3.8, 4) is 0 Å². The van der Waals surface area contributed by atoms with Gasteiger partial charge in [-0.2, -0.15) is 9.40 Å². The standard InChI is InChI=1S/C17H23N5O3S/c1-5-6-15-18-7-13-14(19-15)8-25-17(13)9-22(10-17)26(23,24)16-11(2)20-21(4)12(16)3/h7H,5-6,8-10H2,1-4H3. The first-order valence-corrected chi connectivity index (χ1v) is 10.2. The summed E-state index contributed by atoms with van der Waals surface area (Å²) >= 11 is 0. The van der Waals surface area contributed by atoms with Crippen LogP contribution in [0.25, 0.3) is 0 Å². The third kappa shape index (κ3) is 2.41. The SMILES string of the molecule is CCCc1ncc2c(n1)COC21CN(S(=O)(=O)c2c(C)nn(C)c2C)C1. The first kappa shape index (κ1) is 17.6. The lowest BCUT2D eigenvalue weighted by molar-refractivity contribution is -0.112. The highest BCUT2D eigenvalue weighted by Crippen LogP contribution is 2.45. The van der Waals surface area contributed by atoms with Crippen molar-refractivity contribution in [1.82, 2.24) is 24.1 Å². The van der Waals surface area contributed by atoms with E-state index in [2.05, 4.69) is 22.0 Å². The highest BCUT2D eigenvalue weighted by atomic mass is 32.2. The summed E-state index contributed by atoms with van der Waals surface area (Å²) in [5.41, 5.74) is 2.35. The van der Waals surface area contributed by atoms with Crippen LogP contribution in [0.5, 0.6) is 0 Å². The molecule has 2 aromatic rings. The summed E-state index contributed by atoms with van der Waals surface area (Å²) in [6.45, 7) is 6.56. The molecule has 0 N–H and O–H groups in total. The quantitative estimate of drug-likeness (QED) is 0.795. The van der Waals surface area contributed by atoms with Gasteiger partial charge in [-0.15, -0.1) is 0 Å². The second kappa shape index (κ2) is 5.83. The minimum atomic E-state index is -3.60. The molecular weight excluding hydrogens is 354 g/mol. The molecule has 2 aromatic heterocycles. The van der Waals surface area contributed by atoms with Crippen molar-refractivity contribution in [3.05, 3.63) is 34.7 Å². The van der Waals surface area contributed by atoms with Gasteiger partial charge in [-0.1, -0.05) is 6.92 Å². The Morgan fingerprint density at radius 2 is 2.04 bits per heavy atom. The minimum absolute atomic E-state index is 0.284. The summed E-state index contributed by atoms with van der Waals surface area (Å²) < 4.78 is 35.1. The smallest absolute Gasteiger partial charge is 0.246 e. The molecule has 0 aliphatic carbocycles. The molecule has 0 saturated carbocycles. The first-order chi connectivity index (χ1) is 12.3. The Bertz CT molecular complexity index is 977. The molecule has 140 valence electrons. The minimum Gasteiger partial charge on any atom is -0.361 e. The number of nitrogens with zero attached hydrogens (tertiary/aromatic N) is 5. The lowest BCUT2D eigenvalue weighted by Gasteiger charge is -2.46. The van der Waals surface area contributed by atoms with Crippen LogP contribution in [0, 0.1) is 13.8 Å². The molecule has 1 fully saturated rings. The highest BCUT2D eigenvalue weighted by molar-refractivity contribution is 7.89. The molecule has 1 spiro atoms. The lowest BCUT2D eigenvalue weighted by Crippen LogP contribution is -2.61. The molecule has 9 heteroatoms. The van der Waals surface area contributed by atoms with Gasteiger partial charge in [0.2, 0.25) is 10.0 Å². The molecule has 0 aromatic carbocycles. The number of sulfonamides is 1. The van der Waals surface area contributed by atoms with E-state index in [1.807, 2.05) is 6.20 Å². The fraction of sp³-hybridized carbons (Fsp3) is 0.588. The van der Waals surface area contributed by atoms with Gasteiger partial charge in [-0.05, 0) is 20.3 Å². The molecule has 4 heterocycles. The molecule has 2 aliphatic rings. The predicted molar refractivity (Wildman–Crippen MR) is 93.9 cm³/mol. The number of fused-ring (bicyclic) bond motifs is 2. The summed E-state index contributed by atoms with van der Waals surface area (Å²) in [5.74, 6) is 0.817. The van der Waals surface area contributed by atoms with Crippen LogP contribution in [0.15, 0.2) is 11.1 Å². The Labute approximate surface area is 153 Å². The molecule has 0 unspecified atom stereocenters. The number of rotatable bonds is 4. The number of hydrogen-bond acceptors (Lipinski definition) is 6. The summed E-state index contributed by atoms with van der Waals surface area (Å²) in [5, 5.41) is 4.23. The molecule has 0 bridgehead atoms. The van der Waals surface area contributed by atoms with Crippen LogP contribution in [0.2, 0.25) is 0 Å². The molecule has 0 radical (unpaired) electrons. The topological polar surface area (TPSA) is 90.2 Å². The van der Waals surface area contributed by atoms with Crippen LogP contribution < -0.4 is 0 Å². The van der Waals surface area contributed by atoms with Gasteiger partial charge in [-0.3, -0.25) is 4.68 Å². The number of aryl methyl sites for hydroxylation is 3. The van der Waals surface area contributed by atoms with Crippen molar-refractivity contribution in [2.45, 2.75) is 50.7 Å². The summed E-state index contributed by atoms with van der Waals surface area (Å²) in [4.78, 5) is 9.30. The average Bonchev–Trinajstić information content (AvgIpc) is 3.04. The van der Waals surface area contributed by atoms with Crippen molar-refractivity contribution < 1.29 is 13.2 Å². The van der Waals surface area contributed by atoms with Crippen LogP contribution >= 0.6 is 0 Å². The highest BCUT2D eigenvalue weighted by Gasteiger charge is 2.55. The lowest BCUT2D eigenvalue weighted by atomic mass is 9.90. The maximum absolute atomic E-state index is 13.0. The maximum atomic E-state index is 13.0. The molecule has 0 amide bonds. The van der Waals surface area contributed by atoms with Gasteiger partial charge >= 0.3 is 0 Å². The molecule has 8 nitrogen and oxygen atoms in total. The van der Waals surface area contributed by atoms with Crippen LogP contribution in [-0.4, -0.2) is 45.6 Å². The molecule has 1 saturated heterocycles. The monoisotopic (exact) mass is 377 g/mol. The average molecular weight is 377 g/mol. The van der Waals surface area contributed by atoms with E-state index >= 15 is 0 Å². The van der Waals surface area contributed by atoms with Crippen molar-refractivity contribution in [1.29, 1.82) is 0 Å². The number of ether oxygens (including phenoxy) is 1. The van der Waals surface area contributed by atoms with E-state index < -0.39 is 15.6 Å². The fourth-order valence-corrected chi connectivity index (χ4v) is 5.72. The van der Waals surface area contributed by atoms with E-state index in [9.17, 15) is 8.42 Å². The van der Waals surface area contributed by atoms with Crippen LogP contribution in [0.3, 0.4) is 0 Å². The summed E-state index contributed by atoms with van der Waals surface area (Å²) in [6.07, 6.45) is 3.63. The van der Waals surface area contributed by atoms with Crippen molar-refractivity contribution in [3.63, 3.8) is 0 Å². The van der Waals surface area contributed by atoms with Gasteiger partial charge in [0.15, 0.2) is 0 Å². The second-order valence-corrected chi connectivity index (χ2v) is 8.95. The predicted octanol–water partition coefficient (Wildman–Crippen LogP) is 1.21. The summed E-state index contributed by atoms with van der Waals surface area (Å²) in [7, 11) is -1.85. The Morgan fingerprint density at radius 1 is 1.31 bits per heavy atom. The first-order valence-electron chi connectivity index (χ1n) is 8.78. The zero-order valence-corrected chi connectivity index (χ0v) is 16.3. The third-order valence-corrected chi connectivity index (χ3v) is 7.32. The Kier molecular flexibility index (Phi) is 3.94. The Balaban J connectivity index is 1.60. The van der Waals surface area contributed by atoms with Gasteiger partial charge in [0.25, 0.3) is 0 Å². The molecule has 2 aliphatic heterocycles. The van der Waals surface area contributed by atoms with E-state index in [1.165, 1.54) is 4.31 Å². The zero-order valence-electron chi connectivity index (χ0n) is 15.5. The Hall–Kier alpha value is -1.84. The van der Waals surface area contributed by atoms with E-state index in [-0.39, 0.29) is 13.1 Å². The van der Waals surface area contributed by atoms with Gasteiger partial charge in [-0.25, -0.2) is 18.4 Å². The second-order valence-electron chi connectivity index (χ2n) is 7.08. The van der Waals surface area contributed by atoms with Crippen molar-refractivity contribution in [2.24, 2.45) is 7.05 Å². The van der Waals surface area contributed by atoms with E-state index in [0.717, 1.165) is 29.9 Å². The van der Waals surface area contributed by atoms with Crippen LogP contribution in [0.4, 0.5) is 0 Å². The van der Waals surface area contributed by atoms with Crippen molar-refractivity contribution >= 4 is 10.0 Å². The van der Waals surface area contributed by atoms with Crippen molar-refractivity contribution in [2.75, 3.05) is 13.1 Å². The number of aromatic nitrogens is 4. The van der Waals surface area contributed by atoms with E-state index in [1.54, 1.807) is 25.6 Å². The van der Waals surface area contributed by atoms with Crippen LogP contribution in [0.1, 0.15) is 41.8 Å². The Morgan fingerprint density at radius 3 is 2.65 bits per heavy atom. The largest absolute Gasteiger partial charge is 0.361 e. The summed E-state index contributed by atoms with van der Waals surface area (Å²) in [6, 6.07) is 0. The van der Waals surface area contributed by atoms with Gasteiger partial charge in [0.1, 0.15) is 16.3 Å². The van der Waals surface area contributed by atoms with Crippen LogP contribution in [-0.2, 0) is 40.4 Å². The van der Waals surface area contributed by atoms with Gasteiger partial charge < -0.3 is 4.74 Å². The van der Waals surface area contributed by atoms with E-state index in [0.29, 0.717) is 22.9 Å². The molecule has 4 rings (SSSR count).